The second-order valence-electron chi connectivity index (χ2n) is 4.99. The van der Waals surface area contributed by atoms with E-state index in [0.717, 1.165) is 17.9 Å². The predicted octanol–water partition coefficient (Wildman–Crippen LogP) is 3.25. The number of hydrogen-bond acceptors (Lipinski definition) is 3. The van der Waals surface area contributed by atoms with E-state index in [0.29, 0.717) is 24.3 Å². The summed E-state index contributed by atoms with van der Waals surface area (Å²) in [7, 11) is 0. The van der Waals surface area contributed by atoms with E-state index in [1.165, 1.54) is 6.07 Å². The number of nitrogens with one attached hydrogen (secondary N) is 1. The summed E-state index contributed by atoms with van der Waals surface area (Å²) in [6, 6.07) is 8.71. The van der Waals surface area contributed by atoms with E-state index in [2.05, 4.69) is 5.32 Å². The molecule has 0 amide bonds. The van der Waals surface area contributed by atoms with Gasteiger partial charge in [0.1, 0.15) is 17.3 Å². The van der Waals surface area contributed by atoms with E-state index in [-0.39, 0.29) is 11.9 Å². The van der Waals surface area contributed by atoms with E-state index in [1.54, 1.807) is 19.9 Å². The van der Waals surface area contributed by atoms with Gasteiger partial charge in [0, 0.05) is 5.56 Å². The molecular formula is C16H20FNO2. The Morgan fingerprint density at radius 1 is 1.30 bits per heavy atom. The highest BCUT2D eigenvalue weighted by Crippen LogP contribution is 2.26. The maximum atomic E-state index is 13.5. The lowest BCUT2D eigenvalue weighted by Gasteiger charge is -2.05. The van der Waals surface area contributed by atoms with Crippen molar-refractivity contribution in [1.29, 1.82) is 0 Å². The van der Waals surface area contributed by atoms with Crippen LogP contribution in [0.25, 0.3) is 11.3 Å². The van der Waals surface area contributed by atoms with Crippen molar-refractivity contribution >= 4 is 0 Å². The highest BCUT2D eigenvalue weighted by Gasteiger charge is 2.10. The number of benzene rings is 1. The average molecular weight is 277 g/mol. The molecule has 2 rings (SSSR count). The van der Waals surface area contributed by atoms with Crippen LogP contribution in [-0.4, -0.2) is 17.8 Å². The molecule has 0 aliphatic carbocycles. The summed E-state index contributed by atoms with van der Waals surface area (Å²) in [6.07, 6.45) is 0.404. The summed E-state index contributed by atoms with van der Waals surface area (Å²) in [5.41, 5.74) is 1.37. The van der Waals surface area contributed by atoms with Crippen molar-refractivity contribution in [1.82, 2.24) is 5.32 Å². The highest BCUT2D eigenvalue weighted by atomic mass is 19.1. The summed E-state index contributed by atoms with van der Waals surface area (Å²) in [5, 5.41) is 12.4. The topological polar surface area (TPSA) is 45.4 Å². The van der Waals surface area contributed by atoms with Crippen molar-refractivity contribution in [3.05, 3.63) is 47.5 Å². The lowest BCUT2D eigenvalue weighted by Crippen LogP contribution is -2.18. The molecule has 0 saturated heterocycles. The second-order valence-corrected chi connectivity index (χ2v) is 4.99. The molecule has 0 spiro atoms. The number of aliphatic hydroxyl groups is 1. The van der Waals surface area contributed by atoms with E-state index in [1.807, 2.05) is 18.2 Å². The number of rotatable bonds is 6. The van der Waals surface area contributed by atoms with Gasteiger partial charge in [-0.2, -0.15) is 0 Å². The van der Waals surface area contributed by atoms with Crippen LogP contribution < -0.4 is 5.32 Å². The lowest BCUT2D eigenvalue weighted by molar-refractivity contribution is 0.183. The average Bonchev–Trinajstić information content (AvgIpc) is 2.86. The van der Waals surface area contributed by atoms with Gasteiger partial charge in [0.25, 0.3) is 0 Å². The third kappa shape index (κ3) is 3.68. The monoisotopic (exact) mass is 277 g/mol. The fourth-order valence-electron chi connectivity index (χ4n) is 2.01. The summed E-state index contributed by atoms with van der Waals surface area (Å²) >= 11 is 0. The molecule has 0 saturated carbocycles. The molecule has 0 aliphatic heterocycles. The van der Waals surface area contributed by atoms with Crippen LogP contribution in [0.15, 0.2) is 34.7 Å². The van der Waals surface area contributed by atoms with Crippen molar-refractivity contribution in [2.75, 3.05) is 6.54 Å². The molecule has 0 radical (unpaired) electrons. The van der Waals surface area contributed by atoms with Crippen molar-refractivity contribution in [2.24, 2.45) is 0 Å². The SMILES string of the molecule is Cc1c(F)cccc1-c1ccc(CNCC[C@H](C)O)o1. The fourth-order valence-corrected chi connectivity index (χ4v) is 2.01. The largest absolute Gasteiger partial charge is 0.460 e. The van der Waals surface area contributed by atoms with Gasteiger partial charge in [-0.3, -0.25) is 0 Å². The van der Waals surface area contributed by atoms with Crippen LogP contribution in [0.5, 0.6) is 0 Å². The standard InChI is InChI=1S/C16H20FNO2/c1-11(19)8-9-18-10-13-6-7-16(20-13)14-4-3-5-15(17)12(14)2/h3-7,11,18-19H,8-10H2,1-2H3/t11-/m0/s1. The minimum absolute atomic E-state index is 0.226. The first-order chi connectivity index (χ1) is 9.58. The summed E-state index contributed by atoms with van der Waals surface area (Å²) in [4.78, 5) is 0. The maximum Gasteiger partial charge on any atom is 0.134 e. The van der Waals surface area contributed by atoms with Crippen LogP contribution in [0.2, 0.25) is 0 Å². The zero-order valence-electron chi connectivity index (χ0n) is 11.8. The Kier molecular flexibility index (Phi) is 4.93. The lowest BCUT2D eigenvalue weighted by atomic mass is 10.1. The Balaban J connectivity index is 2.00. The molecular weight excluding hydrogens is 257 g/mol. The summed E-state index contributed by atoms with van der Waals surface area (Å²) in [5.74, 6) is 1.25. The van der Waals surface area contributed by atoms with E-state index < -0.39 is 0 Å². The molecule has 2 N–H and O–H groups in total. The van der Waals surface area contributed by atoms with Gasteiger partial charge in [0.15, 0.2) is 0 Å². The molecule has 4 heteroatoms. The van der Waals surface area contributed by atoms with Crippen LogP contribution in [0, 0.1) is 12.7 Å². The molecule has 1 heterocycles. The normalized spacial score (nSPS) is 12.6. The van der Waals surface area contributed by atoms with Crippen LogP contribution in [0.4, 0.5) is 4.39 Å². The molecule has 1 aromatic carbocycles. The zero-order valence-corrected chi connectivity index (χ0v) is 11.8. The smallest absolute Gasteiger partial charge is 0.134 e. The molecule has 0 fully saturated rings. The maximum absolute atomic E-state index is 13.5. The first kappa shape index (κ1) is 14.8. The Morgan fingerprint density at radius 3 is 2.85 bits per heavy atom. The Hall–Kier alpha value is -1.65. The Morgan fingerprint density at radius 2 is 2.10 bits per heavy atom. The first-order valence-electron chi connectivity index (χ1n) is 6.81. The number of furan rings is 1. The fraction of sp³-hybridized carbons (Fsp3) is 0.375. The molecule has 1 atom stereocenters. The van der Waals surface area contributed by atoms with Crippen molar-refractivity contribution in [3.8, 4) is 11.3 Å². The van der Waals surface area contributed by atoms with Gasteiger partial charge >= 0.3 is 0 Å². The van der Waals surface area contributed by atoms with Gasteiger partial charge in [-0.1, -0.05) is 12.1 Å². The Labute approximate surface area is 118 Å². The number of aliphatic hydroxyl groups excluding tert-OH is 1. The molecule has 108 valence electrons. The van der Waals surface area contributed by atoms with Gasteiger partial charge in [0.2, 0.25) is 0 Å². The van der Waals surface area contributed by atoms with Gasteiger partial charge in [-0.15, -0.1) is 0 Å². The van der Waals surface area contributed by atoms with Crippen LogP contribution in [0.3, 0.4) is 0 Å². The van der Waals surface area contributed by atoms with Crippen LogP contribution in [0.1, 0.15) is 24.7 Å². The summed E-state index contributed by atoms with van der Waals surface area (Å²) in [6.45, 7) is 4.83. The van der Waals surface area contributed by atoms with Crippen molar-refractivity contribution < 1.29 is 13.9 Å². The molecule has 20 heavy (non-hydrogen) atoms. The predicted molar refractivity (Wildman–Crippen MR) is 76.8 cm³/mol. The Bertz CT molecular complexity index is 563. The van der Waals surface area contributed by atoms with E-state index in [4.69, 9.17) is 9.52 Å². The van der Waals surface area contributed by atoms with Crippen molar-refractivity contribution in [3.63, 3.8) is 0 Å². The van der Waals surface area contributed by atoms with Gasteiger partial charge < -0.3 is 14.8 Å². The van der Waals surface area contributed by atoms with Gasteiger partial charge in [0.05, 0.1) is 12.6 Å². The third-order valence-corrected chi connectivity index (χ3v) is 3.23. The van der Waals surface area contributed by atoms with E-state index >= 15 is 0 Å². The molecule has 3 nitrogen and oxygen atoms in total. The minimum atomic E-state index is -0.301. The second kappa shape index (κ2) is 6.68. The molecule has 0 unspecified atom stereocenters. The third-order valence-electron chi connectivity index (χ3n) is 3.23. The zero-order chi connectivity index (χ0) is 14.5. The number of halogens is 1. The van der Waals surface area contributed by atoms with Crippen molar-refractivity contribution in [2.45, 2.75) is 32.9 Å². The summed E-state index contributed by atoms with van der Waals surface area (Å²) < 4.78 is 19.2. The van der Waals surface area contributed by atoms with E-state index in [9.17, 15) is 4.39 Å². The first-order valence-corrected chi connectivity index (χ1v) is 6.81. The molecule has 2 aromatic rings. The minimum Gasteiger partial charge on any atom is -0.460 e. The quantitative estimate of drug-likeness (QED) is 0.797. The van der Waals surface area contributed by atoms with Gasteiger partial charge in [-0.25, -0.2) is 4.39 Å². The van der Waals surface area contributed by atoms with Crippen LogP contribution >= 0.6 is 0 Å². The molecule has 1 aromatic heterocycles. The highest BCUT2D eigenvalue weighted by molar-refractivity contribution is 5.62. The molecule has 0 bridgehead atoms. The number of hydrogen-bond donors (Lipinski definition) is 2. The molecule has 0 aliphatic rings. The van der Waals surface area contributed by atoms with Crippen LogP contribution in [-0.2, 0) is 6.54 Å². The van der Waals surface area contributed by atoms with Gasteiger partial charge in [-0.05, 0) is 50.6 Å².